The molecular formula is C29H29Cl3Ti. The molecule has 33 heavy (non-hydrogen) atoms. The summed E-state index contributed by atoms with van der Waals surface area (Å²) in [6.45, 7) is 8.88. The SMILES string of the molecule is CCC1=CC=C[C]1([Ti+3])C(c1cccc(C)c1)(c1cccc(C)c1)c1cccc(C)c1.[Cl-].[Cl-].[Cl-]. The summed E-state index contributed by atoms with van der Waals surface area (Å²) in [6.07, 6.45) is 8.05. The van der Waals surface area contributed by atoms with Gasteiger partial charge in [0.15, 0.2) is 0 Å². The zero-order chi connectivity index (χ0) is 21.4. The first kappa shape index (κ1) is 29.8. The molecule has 1 aliphatic rings. The van der Waals surface area contributed by atoms with Crippen molar-refractivity contribution >= 4 is 0 Å². The normalized spacial score (nSPS) is 16.8. The first-order valence-electron chi connectivity index (χ1n) is 10.8. The van der Waals surface area contributed by atoms with Crippen molar-refractivity contribution in [2.24, 2.45) is 0 Å². The predicted octanol–water partition coefficient (Wildman–Crippen LogP) is -1.43. The van der Waals surface area contributed by atoms with E-state index in [1.54, 1.807) is 0 Å². The molecule has 4 heteroatoms. The van der Waals surface area contributed by atoms with E-state index in [1.807, 2.05) is 0 Å². The average molecular weight is 532 g/mol. The van der Waals surface area contributed by atoms with Gasteiger partial charge in [-0.2, -0.15) is 0 Å². The number of halogens is 3. The van der Waals surface area contributed by atoms with Crippen molar-refractivity contribution in [1.29, 1.82) is 0 Å². The Labute approximate surface area is 229 Å². The quantitative estimate of drug-likeness (QED) is 0.280. The van der Waals surface area contributed by atoms with Gasteiger partial charge >= 0.3 is 194 Å². The minimum absolute atomic E-state index is 0. The van der Waals surface area contributed by atoms with Crippen LogP contribution in [0.25, 0.3) is 0 Å². The van der Waals surface area contributed by atoms with Gasteiger partial charge in [0.25, 0.3) is 0 Å². The molecule has 0 nitrogen and oxygen atoms in total. The molecule has 0 fully saturated rings. The summed E-state index contributed by atoms with van der Waals surface area (Å²) >= 11 is 2.43. The van der Waals surface area contributed by atoms with Gasteiger partial charge in [-0.1, -0.05) is 0 Å². The van der Waals surface area contributed by atoms with Crippen LogP contribution in [-0.2, 0) is 25.9 Å². The number of hydrogen-bond acceptors (Lipinski definition) is 0. The van der Waals surface area contributed by atoms with E-state index in [0.717, 1.165) is 6.42 Å². The number of aryl methyl sites for hydroxylation is 3. The fourth-order valence-corrected chi connectivity index (χ4v) is 6.36. The van der Waals surface area contributed by atoms with E-state index in [4.69, 9.17) is 0 Å². The Morgan fingerprint density at radius 2 is 1.09 bits per heavy atom. The van der Waals surface area contributed by atoms with Crippen molar-refractivity contribution in [3.8, 4) is 0 Å². The maximum Gasteiger partial charge on any atom is -1.00 e. The molecule has 0 saturated carbocycles. The van der Waals surface area contributed by atoms with Crippen LogP contribution >= 0.6 is 0 Å². The van der Waals surface area contributed by atoms with Gasteiger partial charge in [0, 0.05) is 0 Å². The van der Waals surface area contributed by atoms with E-state index >= 15 is 0 Å². The Hall–Kier alpha value is -1.28. The maximum atomic E-state index is 2.43. The summed E-state index contributed by atoms with van der Waals surface area (Å²) in [4.78, 5) is 0. The molecule has 0 amide bonds. The molecule has 0 bridgehead atoms. The number of rotatable bonds is 5. The molecule has 0 radical (unpaired) electrons. The summed E-state index contributed by atoms with van der Waals surface area (Å²) in [7, 11) is 0. The van der Waals surface area contributed by atoms with Gasteiger partial charge in [-0.15, -0.1) is 0 Å². The molecule has 0 saturated heterocycles. The number of hydrogen-bond donors (Lipinski definition) is 0. The fraction of sp³-hybridized carbons (Fsp3) is 0.241. The smallest absolute Gasteiger partial charge is 1.00 e. The second-order valence-electron chi connectivity index (χ2n) is 8.57. The van der Waals surface area contributed by atoms with Gasteiger partial charge < -0.3 is 37.2 Å². The van der Waals surface area contributed by atoms with Crippen LogP contribution in [0.3, 0.4) is 0 Å². The van der Waals surface area contributed by atoms with Crippen molar-refractivity contribution in [3.05, 3.63) is 130 Å². The second-order valence-corrected chi connectivity index (χ2v) is 9.80. The third kappa shape index (κ3) is 5.07. The van der Waals surface area contributed by atoms with Crippen LogP contribution in [0.2, 0.25) is 3.72 Å². The molecule has 0 aromatic heterocycles. The van der Waals surface area contributed by atoms with Crippen LogP contribution in [0.1, 0.15) is 46.7 Å². The van der Waals surface area contributed by atoms with Gasteiger partial charge in [0.2, 0.25) is 0 Å². The molecule has 1 aliphatic carbocycles. The average Bonchev–Trinajstić information content (AvgIpc) is 3.10. The zero-order valence-corrected chi connectivity index (χ0v) is 23.3. The van der Waals surface area contributed by atoms with Crippen LogP contribution < -0.4 is 37.2 Å². The predicted molar refractivity (Wildman–Crippen MR) is 124 cm³/mol. The molecule has 0 spiro atoms. The molecule has 4 rings (SSSR count). The Morgan fingerprint density at radius 3 is 1.42 bits per heavy atom. The van der Waals surface area contributed by atoms with E-state index in [9.17, 15) is 0 Å². The minimum atomic E-state index is -0.314. The summed E-state index contributed by atoms with van der Waals surface area (Å²) in [5, 5.41) is 0. The third-order valence-electron chi connectivity index (χ3n) is 6.48. The number of allylic oxidation sites excluding steroid dienone is 4. The third-order valence-corrected chi connectivity index (χ3v) is 7.82. The van der Waals surface area contributed by atoms with Crippen molar-refractivity contribution in [2.45, 2.75) is 43.3 Å². The van der Waals surface area contributed by atoms with E-state index < -0.39 is 0 Å². The second kappa shape index (κ2) is 11.9. The van der Waals surface area contributed by atoms with Gasteiger partial charge in [-0.05, 0) is 0 Å². The Morgan fingerprint density at radius 1 is 0.697 bits per heavy atom. The largest absolute Gasteiger partial charge is 1.00 e. The van der Waals surface area contributed by atoms with E-state index in [2.05, 4.69) is 139 Å². The fourth-order valence-electron chi connectivity index (χ4n) is 5.13. The summed E-state index contributed by atoms with van der Waals surface area (Å²) < 4.78 is -0.156. The van der Waals surface area contributed by atoms with Crippen LogP contribution in [0.5, 0.6) is 0 Å². The Bertz CT molecular complexity index is 1040. The maximum absolute atomic E-state index is 2.43. The molecule has 0 N–H and O–H groups in total. The van der Waals surface area contributed by atoms with Gasteiger partial charge in [-0.3, -0.25) is 0 Å². The molecule has 3 aromatic carbocycles. The zero-order valence-electron chi connectivity index (χ0n) is 19.5. The van der Waals surface area contributed by atoms with Gasteiger partial charge in [0.1, 0.15) is 0 Å². The summed E-state index contributed by atoms with van der Waals surface area (Å²) in [5.74, 6) is 0. The van der Waals surface area contributed by atoms with Gasteiger partial charge in [-0.25, -0.2) is 0 Å². The standard InChI is InChI=1S/C29H29.3ClH.Ti/c1-5-24-13-9-17-28(24)29(25-14-6-10-21(2)18-25,26-15-7-11-22(3)19-26)27-16-8-12-23(4)20-27;;;;/h6-20H,5H2,1-4H3;3*1H;/q;;;;+3/p-3. The number of benzene rings is 3. The summed E-state index contributed by atoms with van der Waals surface area (Å²) in [6, 6.07) is 27.3. The topological polar surface area (TPSA) is 0 Å². The van der Waals surface area contributed by atoms with Crippen molar-refractivity contribution in [2.75, 3.05) is 0 Å². The van der Waals surface area contributed by atoms with E-state index in [0.29, 0.717) is 0 Å². The molecule has 0 heterocycles. The first-order valence-corrected chi connectivity index (χ1v) is 11.5. The van der Waals surface area contributed by atoms with E-state index in [1.165, 1.54) is 39.0 Å². The molecular weight excluding hydrogens is 503 g/mol. The van der Waals surface area contributed by atoms with E-state index in [-0.39, 0.29) is 46.4 Å². The van der Waals surface area contributed by atoms with Gasteiger partial charge in [0.05, 0.1) is 0 Å². The molecule has 170 valence electrons. The molecule has 3 aromatic rings. The Kier molecular flexibility index (Phi) is 10.7. The van der Waals surface area contributed by atoms with Crippen LogP contribution in [0.4, 0.5) is 0 Å². The Balaban J connectivity index is 0.00000181. The van der Waals surface area contributed by atoms with Crippen molar-refractivity contribution in [1.82, 2.24) is 0 Å². The monoisotopic (exact) mass is 530 g/mol. The minimum Gasteiger partial charge on any atom is -1.00 e. The molecule has 0 aliphatic heterocycles. The van der Waals surface area contributed by atoms with Crippen molar-refractivity contribution < 1.29 is 57.7 Å². The summed E-state index contributed by atoms with van der Waals surface area (Å²) in [5.41, 5.74) is 9.11. The van der Waals surface area contributed by atoms with Crippen LogP contribution in [-0.4, -0.2) is 0 Å². The van der Waals surface area contributed by atoms with Crippen molar-refractivity contribution in [3.63, 3.8) is 0 Å². The van der Waals surface area contributed by atoms with Crippen LogP contribution in [0.15, 0.2) is 96.6 Å². The van der Waals surface area contributed by atoms with Crippen LogP contribution in [0, 0.1) is 20.8 Å². The molecule has 1 unspecified atom stereocenters. The first-order chi connectivity index (χ1) is 14.4. The molecule has 1 atom stereocenters.